The summed E-state index contributed by atoms with van der Waals surface area (Å²) >= 11 is 0. The van der Waals surface area contributed by atoms with Gasteiger partial charge in [0.05, 0.1) is 6.61 Å². The largest absolute Gasteiger partial charge is 0.479 e. The van der Waals surface area contributed by atoms with Gasteiger partial charge in [-0.15, -0.1) is 0 Å². The molecule has 59 heavy (non-hydrogen) atoms. The average Bonchev–Trinajstić information content (AvgIpc) is 3.22. The minimum Gasteiger partial charge on any atom is -0.479 e. The van der Waals surface area contributed by atoms with Crippen LogP contribution in [0.2, 0.25) is 0 Å². The van der Waals surface area contributed by atoms with Crippen LogP contribution in [0, 0.1) is 0 Å². The summed E-state index contributed by atoms with van der Waals surface area (Å²) in [5.41, 5.74) is 0. The summed E-state index contributed by atoms with van der Waals surface area (Å²) in [5.74, 6) is -2.45. The molecule has 1 aliphatic heterocycles. The highest BCUT2D eigenvalue weighted by atomic mass is 16.7. The molecule has 0 bridgehead atoms. The molecule has 6 atom stereocenters. The number of rotatable bonds is 40. The number of carboxylic acids is 1. The fourth-order valence-corrected chi connectivity index (χ4v) is 7.23. The summed E-state index contributed by atoms with van der Waals surface area (Å²) in [7, 11) is 0. The Morgan fingerprint density at radius 1 is 0.508 bits per heavy atom. The zero-order valence-corrected chi connectivity index (χ0v) is 37.3. The van der Waals surface area contributed by atoms with Crippen LogP contribution in [0.1, 0.15) is 213 Å². The van der Waals surface area contributed by atoms with Crippen molar-refractivity contribution in [3.05, 3.63) is 24.3 Å². The van der Waals surface area contributed by atoms with Crippen LogP contribution in [0.4, 0.5) is 0 Å². The molecule has 1 saturated heterocycles. The van der Waals surface area contributed by atoms with Crippen molar-refractivity contribution >= 4 is 17.9 Å². The standard InChI is InChI=1S/C48H86O11/c1-3-5-7-9-11-13-15-16-17-18-19-20-21-22-23-24-25-26-27-29-30-32-34-36-41(49)56-38-40(39-57-48-45(53)43(51)44(52)46(59-48)47(54)55)58-42(50)37-35-33-31-28-14-12-10-8-6-4-2/h8,10,18-19,40,43-46,48,51-53H,3-7,9,11-17,20-39H2,1-2H3,(H,54,55)/b10-8-,19-18-. The van der Waals surface area contributed by atoms with Crippen molar-refractivity contribution in [3.8, 4) is 0 Å². The first-order chi connectivity index (χ1) is 28.7. The normalized spacial score (nSPS) is 20.1. The van der Waals surface area contributed by atoms with Crippen molar-refractivity contribution in [2.75, 3.05) is 13.2 Å². The van der Waals surface area contributed by atoms with E-state index in [0.717, 1.165) is 64.2 Å². The first-order valence-corrected chi connectivity index (χ1v) is 23.9. The maximum absolute atomic E-state index is 12.7. The molecule has 0 aromatic rings. The van der Waals surface area contributed by atoms with Crippen molar-refractivity contribution in [1.29, 1.82) is 0 Å². The lowest BCUT2D eigenvalue weighted by Gasteiger charge is -2.38. The van der Waals surface area contributed by atoms with Crippen LogP contribution in [0.15, 0.2) is 24.3 Å². The Hall–Kier alpha value is -2.31. The number of carboxylic acid groups (broad SMARTS) is 1. The first kappa shape index (κ1) is 54.7. The first-order valence-electron chi connectivity index (χ1n) is 23.9. The number of allylic oxidation sites excluding steroid dienone is 4. The molecule has 11 heteroatoms. The van der Waals surface area contributed by atoms with Gasteiger partial charge >= 0.3 is 17.9 Å². The zero-order valence-electron chi connectivity index (χ0n) is 37.3. The number of aliphatic hydroxyl groups is 3. The third-order valence-corrected chi connectivity index (χ3v) is 11.0. The summed E-state index contributed by atoms with van der Waals surface area (Å²) in [6, 6.07) is 0. The minimum absolute atomic E-state index is 0.173. The van der Waals surface area contributed by atoms with Gasteiger partial charge < -0.3 is 39.4 Å². The quantitative estimate of drug-likeness (QED) is 0.0263. The molecule has 0 spiro atoms. The second-order valence-corrected chi connectivity index (χ2v) is 16.6. The van der Waals surface area contributed by atoms with Gasteiger partial charge in [-0.25, -0.2) is 4.79 Å². The number of carbonyl (C=O) groups excluding carboxylic acids is 2. The highest BCUT2D eigenvalue weighted by Crippen LogP contribution is 2.23. The van der Waals surface area contributed by atoms with Crippen LogP contribution < -0.4 is 0 Å². The highest BCUT2D eigenvalue weighted by Gasteiger charge is 2.47. The van der Waals surface area contributed by atoms with Gasteiger partial charge in [-0.3, -0.25) is 9.59 Å². The lowest BCUT2D eigenvalue weighted by Crippen LogP contribution is -2.60. The molecule has 0 aromatic carbocycles. The molecule has 0 aliphatic carbocycles. The monoisotopic (exact) mass is 839 g/mol. The SMILES string of the molecule is CCC/C=C\CCCCCCCC(=O)OC(COC(=O)CCCCCCCCCCCCC/C=C\CCCCCCCCCC)COC1OC(C(=O)O)C(O)C(O)C1O. The van der Waals surface area contributed by atoms with E-state index in [1.54, 1.807) is 0 Å². The Morgan fingerprint density at radius 3 is 1.39 bits per heavy atom. The number of esters is 2. The van der Waals surface area contributed by atoms with E-state index in [4.69, 9.17) is 18.9 Å². The Labute approximate surface area is 358 Å². The molecule has 1 fully saturated rings. The predicted molar refractivity (Wildman–Crippen MR) is 234 cm³/mol. The fraction of sp³-hybridized carbons (Fsp3) is 0.854. The Kier molecular flexibility index (Phi) is 35.8. The van der Waals surface area contributed by atoms with E-state index in [1.165, 1.54) is 109 Å². The third-order valence-electron chi connectivity index (χ3n) is 11.0. The average molecular weight is 839 g/mol. The van der Waals surface area contributed by atoms with Crippen LogP contribution in [-0.2, 0) is 33.3 Å². The highest BCUT2D eigenvalue weighted by molar-refractivity contribution is 5.73. The molecular formula is C48H86O11. The van der Waals surface area contributed by atoms with Crippen molar-refractivity contribution in [2.45, 2.75) is 250 Å². The molecule has 0 saturated carbocycles. The van der Waals surface area contributed by atoms with Crippen molar-refractivity contribution < 1.29 is 53.8 Å². The Bertz CT molecular complexity index is 1080. The van der Waals surface area contributed by atoms with E-state index in [1.807, 2.05) is 0 Å². The second kappa shape index (κ2) is 38.6. The van der Waals surface area contributed by atoms with Gasteiger partial charge in [-0.05, 0) is 57.8 Å². The molecule has 1 rings (SSSR count). The summed E-state index contributed by atoms with van der Waals surface area (Å²) in [6.07, 6.45) is 34.0. The molecule has 0 aromatic heterocycles. The summed E-state index contributed by atoms with van der Waals surface area (Å²) in [6.45, 7) is 3.75. The predicted octanol–water partition coefficient (Wildman–Crippen LogP) is 10.6. The Morgan fingerprint density at radius 2 is 0.932 bits per heavy atom. The van der Waals surface area contributed by atoms with Gasteiger partial charge in [-0.2, -0.15) is 0 Å². The molecule has 6 unspecified atom stereocenters. The molecule has 344 valence electrons. The number of aliphatic carboxylic acids is 1. The summed E-state index contributed by atoms with van der Waals surface area (Å²) in [5, 5.41) is 39.8. The van der Waals surface area contributed by atoms with Gasteiger partial charge in [0, 0.05) is 12.8 Å². The number of ether oxygens (including phenoxy) is 4. The van der Waals surface area contributed by atoms with Crippen LogP contribution >= 0.6 is 0 Å². The van der Waals surface area contributed by atoms with Crippen molar-refractivity contribution in [3.63, 3.8) is 0 Å². The van der Waals surface area contributed by atoms with E-state index in [-0.39, 0.29) is 19.4 Å². The number of hydrogen-bond donors (Lipinski definition) is 4. The lowest BCUT2D eigenvalue weighted by atomic mass is 9.99. The zero-order chi connectivity index (χ0) is 43.2. The minimum atomic E-state index is -1.86. The number of unbranched alkanes of at least 4 members (excludes halogenated alkanes) is 25. The van der Waals surface area contributed by atoms with Gasteiger partial charge in [0.1, 0.15) is 24.9 Å². The number of carbonyl (C=O) groups is 3. The van der Waals surface area contributed by atoms with Crippen molar-refractivity contribution in [1.82, 2.24) is 0 Å². The van der Waals surface area contributed by atoms with Crippen molar-refractivity contribution in [2.24, 2.45) is 0 Å². The summed E-state index contributed by atoms with van der Waals surface area (Å²) < 4.78 is 21.7. The van der Waals surface area contributed by atoms with Gasteiger partial charge in [0.2, 0.25) is 0 Å². The smallest absolute Gasteiger partial charge is 0.335 e. The molecule has 1 heterocycles. The third kappa shape index (κ3) is 30.4. The van der Waals surface area contributed by atoms with Gasteiger partial charge in [0.15, 0.2) is 18.5 Å². The van der Waals surface area contributed by atoms with E-state index in [0.29, 0.717) is 12.8 Å². The van der Waals surface area contributed by atoms with Crippen LogP contribution in [-0.4, -0.2) is 88.4 Å². The number of hydrogen-bond acceptors (Lipinski definition) is 10. The van der Waals surface area contributed by atoms with Gasteiger partial charge in [-0.1, -0.05) is 167 Å². The molecule has 0 radical (unpaired) electrons. The lowest BCUT2D eigenvalue weighted by molar-refractivity contribution is -0.298. The maximum atomic E-state index is 12.7. The van der Waals surface area contributed by atoms with E-state index >= 15 is 0 Å². The maximum Gasteiger partial charge on any atom is 0.335 e. The second-order valence-electron chi connectivity index (χ2n) is 16.6. The van der Waals surface area contributed by atoms with E-state index in [2.05, 4.69) is 38.2 Å². The fourth-order valence-electron chi connectivity index (χ4n) is 7.23. The molecule has 1 aliphatic rings. The van der Waals surface area contributed by atoms with Crippen LogP contribution in [0.5, 0.6) is 0 Å². The van der Waals surface area contributed by atoms with Crippen LogP contribution in [0.25, 0.3) is 0 Å². The molecule has 0 amide bonds. The summed E-state index contributed by atoms with van der Waals surface area (Å²) in [4.78, 5) is 36.8. The number of aliphatic hydroxyl groups excluding tert-OH is 3. The topological polar surface area (TPSA) is 169 Å². The molecule has 4 N–H and O–H groups in total. The van der Waals surface area contributed by atoms with Gasteiger partial charge in [0.25, 0.3) is 0 Å². The molecular weight excluding hydrogens is 753 g/mol. The Balaban J connectivity index is 2.25. The molecule has 11 nitrogen and oxygen atoms in total. The van der Waals surface area contributed by atoms with Crippen LogP contribution in [0.3, 0.4) is 0 Å². The van der Waals surface area contributed by atoms with E-state index < -0.39 is 61.3 Å². The van der Waals surface area contributed by atoms with E-state index in [9.17, 15) is 34.8 Å².